The number of aryl methyl sites for hydroxylation is 2. The quantitative estimate of drug-likeness (QED) is 0.870. The SMILES string of the molecule is Cc1noc(C)c1CN1C[C@@H]2CC[C@H](C1)N(C(=O)c1cc(N)n[nH]1)C2. The maximum Gasteiger partial charge on any atom is 0.272 e. The molecule has 3 N–H and O–H groups in total. The first-order valence-corrected chi connectivity index (χ1v) is 8.77. The van der Waals surface area contributed by atoms with Gasteiger partial charge in [0.15, 0.2) is 0 Å². The Morgan fingerprint density at radius 1 is 1.36 bits per heavy atom. The van der Waals surface area contributed by atoms with E-state index in [0.29, 0.717) is 17.4 Å². The molecule has 3 saturated heterocycles. The summed E-state index contributed by atoms with van der Waals surface area (Å²) < 4.78 is 5.29. The van der Waals surface area contributed by atoms with Gasteiger partial charge in [0, 0.05) is 43.9 Å². The van der Waals surface area contributed by atoms with E-state index < -0.39 is 0 Å². The van der Waals surface area contributed by atoms with E-state index in [4.69, 9.17) is 10.3 Å². The Morgan fingerprint density at radius 3 is 2.88 bits per heavy atom. The maximum absolute atomic E-state index is 12.8. The number of nitrogens with one attached hydrogen (secondary N) is 1. The van der Waals surface area contributed by atoms with Crippen LogP contribution >= 0.6 is 0 Å². The zero-order valence-corrected chi connectivity index (χ0v) is 14.7. The third-order valence-corrected chi connectivity index (χ3v) is 5.44. The van der Waals surface area contributed by atoms with Crippen molar-refractivity contribution in [1.82, 2.24) is 25.2 Å². The molecule has 0 unspecified atom stereocenters. The predicted molar refractivity (Wildman–Crippen MR) is 91.8 cm³/mol. The molecule has 8 nitrogen and oxygen atoms in total. The number of carbonyl (C=O) groups is 1. The van der Waals surface area contributed by atoms with Crippen LogP contribution in [0, 0.1) is 19.8 Å². The molecule has 5 heterocycles. The van der Waals surface area contributed by atoms with Gasteiger partial charge >= 0.3 is 0 Å². The number of carbonyl (C=O) groups excluding carboxylic acids is 1. The van der Waals surface area contributed by atoms with Crippen molar-refractivity contribution in [2.75, 3.05) is 25.4 Å². The Morgan fingerprint density at radius 2 is 2.20 bits per heavy atom. The molecule has 3 fully saturated rings. The zero-order chi connectivity index (χ0) is 17.6. The molecule has 8 heteroatoms. The van der Waals surface area contributed by atoms with Crippen LogP contribution in [0.4, 0.5) is 5.82 Å². The lowest BCUT2D eigenvalue weighted by atomic mass is 9.94. The monoisotopic (exact) mass is 344 g/mol. The van der Waals surface area contributed by atoms with Gasteiger partial charge in [0.25, 0.3) is 5.91 Å². The fraction of sp³-hybridized carbons (Fsp3) is 0.588. The maximum atomic E-state index is 12.8. The smallest absolute Gasteiger partial charge is 0.272 e. The molecule has 2 aromatic rings. The van der Waals surface area contributed by atoms with E-state index in [2.05, 4.69) is 20.3 Å². The lowest BCUT2D eigenvalue weighted by Crippen LogP contribution is -2.47. The largest absolute Gasteiger partial charge is 0.382 e. The van der Waals surface area contributed by atoms with E-state index in [1.807, 2.05) is 18.7 Å². The fourth-order valence-electron chi connectivity index (χ4n) is 4.11. The highest BCUT2D eigenvalue weighted by Gasteiger charge is 2.38. The van der Waals surface area contributed by atoms with E-state index in [-0.39, 0.29) is 11.9 Å². The number of aromatic amines is 1. The van der Waals surface area contributed by atoms with Gasteiger partial charge in [-0.15, -0.1) is 0 Å². The van der Waals surface area contributed by atoms with Crippen LogP contribution < -0.4 is 5.73 Å². The summed E-state index contributed by atoms with van der Waals surface area (Å²) in [7, 11) is 0. The average molecular weight is 344 g/mol. The molecule has 134 valence electrons. The van der Waals surface area contributed by atoms with Gasteiger partial charge in [-0.2, -0.15) is 5.10 Å². The Balaban J connectivity index is 1.51. The number of rotatable bonds is 3. The number of nitrogens with two attached hydrogens (primary N) is 1. The van der Waals surface area contributed by atoms with Crippen molar-refractivity contribution < 1.29 is 9.32 Å². The number of piperidine rings is 1. The molecule has 0 radical (unpaired) electrons. The van der Waals surface area contributed by atoms with Gasteiger partial charge in [-0.1, -0.05) is 5.16 Å². The summed E-state index contributed by atoms with van der Waals surface area (Å²) in [5.41, 5.74) is 8.24. The molecule has 0 aliphatic carbocycles. The topological polar surface area (TPSA) is 104 Å². The van der Waals surface area contributed by atoms with E-state index >= 15 is 0 Å². The molecule has 2 atom stereocenters. The summed E-state index contributed by atoms with van der Waals surface area (Å²) in [4.78, 5) is 17.3. The Kier molecular flexibility index (Phi) is 3.99. The first-order valence-electron chi connectivity index (χ1n) is 8.77. The number of nitrogens with zero attached hydrogens (tertiary/aromatic N) is 4. The lowest BCUT2D eigenvalue weighted by molar-refractivity contribution is 0.0578. The van der Waals surface area contributed by atoms with Gasteiger partial charge in [-0.25, -0.2) is 0 Å². The molecule has 3 aliphatic heterocycles. The van der Waals surface area contributed by atoms with E-state index in [1.54, 1.807) is 6.07 Å². The highest BCUT2D eigenvalue weighted by molar-refractivity contribution is 5.93. The van der Waals surface area contributed by atoms with Crippen molar-refractivity contribution in [1.29, 1.82) is 0 Å². The van der Waals surface area contributed by atoms with Gasteiger partial charge in [-0.3, -0.25) is 14.8 Å². The molecule has 0 aromatic carbocycles. The molecule has 2 aromatic heterocycles. The minimum Gasteiger partial charge on any atom is -0.382 e. The number of fused-ring (bicyclic) bond motifs is 4. The molecule has 0 spiro atoms. The second-order valence-electron chi connectivity index (χ2n) is 7.26. The molecular weight excluding hydrogens is 320 g/mol. The molecule has 1 amide bonds. The van der Waals surface area contributed by atoms with Crippen molar-refractivity contribution in [2.45, 2.75) is 39.3 Å². The standard InChI is InChI=1S/C17H24N6O2/c1-10-14(11(2)25-21-10)9-22-6-12-3-4-13(8-22)23(7-12)17(24)15-5-16(18)20-19-15/h5,12-13H,3-4,6-9H2,1-2H3,(H3,18,19,20)/t12-,13+/m0/s1. The van der Waals surface area contributed by atoms with Crippen LogP contribution in [0.2, 0.25) is 0 Å². The van der Waals surface area contributed by atoms with Gasteiger partial charge < -0.3 is 15.2 Å². The Hall–Kier alpha value is -2.35. The number of anilines is 1. The third kappa shape index (κ3) is 3.02. The average Bonchev–Trinajstić information content (AvgIpc) is 3.02. The van der Waals surface area contributed by atoms with Crippen LogP contribution in [0.15, 0.2) is 10.6 Å². The number of amides is 1. The molecule has 25 heavy (non-hydrogen) atoms. The summed E-state index contributed by atoms with van der Waals surface area (Å²) in [5, 5.41) is 10.7. The second-order valence-corrected chi connectivity index (χ2v) is 7.26. The fourth-order valence-corrected chi connectivity index (χ4v) is 4.11. The number of H-pyrrole nitrogens is 1. The summed E-state index contributed by atoms with van der Waals surface area (Å²) in [6.07, 6.45) is 2.20. The van der Waals surface area contributed by atoms with Gasteiger partial charge in [0.1, 0.15) is 17.3 Å². The van der Waals surface area contributed by atoms with Gasteiger partial charge in [-0.05, 0) is 32.6 Å². The van der Waals surface area contributed by atoms with Crippen molar-refractivity contribution in [3.63, 3.8) is 0 Å². The highest BCUT2D eigenvalue weighted by Crippen LogP contribution is 2.30. The predicted octanol–water partition coefficient (Wildman–Crippen LogP) is 1.33. The summed E-state index contributed by atoms with van der Waals surface area (Å²) in [5.74, 6) is 1.72. The number of nitrogen functional groups attached to an aromatic ring is 1. The molecule has 2 bridgehead atoms. The van der Waals surface area contributed by atoms with E-state index in [9.17, 15) is 4.79 Å². The summed E-state index contributed by atoms with van der Waals surface area (Å²) >= 11 is 0. The summed E-state index contributed by atoms with van der Waals surface area (Å²) in [6.45, 7) is 7.43. The van der Waals surface area contributed by atoms with Crippen LogP contribution in [-0.2, 0) is 6.54 Å². The Bertz CT molecular complexity index is 762. The van der Waals surface area contributed by atoms with Crippen LogP contribution in [0.5, 0.6) is 0 Å². The number of hydrogen-bond acceptors (Lipinski definition) is 6. The van der Waals surface area contributed by atoms with E-state index in [0.717, 1.165) is 50.5 Å². The molecule has 0 saturated carbocycles. The van der Waals surface area contributed by atoms with Crippen LogP contribution in [0.1, 0.15) is 40.3 Å². The van der Waals surface area contributed by atoms with Crippen LogP contribution in [0.25, 0.3) is 0 Å². The Labute approximate surface area is 146 Å². The highest BCUT2D eigenvalue weighted by atomic mass is 16.5. The van der Waals surface area contributed by atoms with Crippen molar-refractivity contribution in [2.24, 2.45) is 5.92 Å². The number of aromatic nitrogens is 3. The van der Waals surface area contributed by atoms with E-state index in [1.165, 1.54) is 5.56 Å². The summed E-state index contributed by atoms with van der Waals surface area (Å²) in [6, 6.07) is 1.83. The second kappa shape index (κ2) is 6.18. The third-order valence-electron chi connectivity index (χ3n) is 5.44. The van der Waals surface area contributed by atoms with Gasteiger partial charge in [0.05, 0.1) is 5.69 Å². The lowest BCUT2D eigenvalue weighted by Gasteiger charge is -2.35. The van der Waals surface area contributed by atoms with Crippen molar-refractivity contribution in [3.8, 4) is 0 Å². The minimum atomic E-state index is -0.00177. The van der Waals surface area contributed by atoms with Gasteiger partial charge in [0.2, 0.25) is 0 Å². The molecular formula is C17H24N6O2. The first-order chi connectivity index (χ1) is 12.0. The van der Waals surface area contributed by atoms with Crippen LogP contribution in [-0.4, -0.2) is 56.7 Å². The van der Waals surface area contributed by atoms with Crippen LogP contribution in [0.3, 0.4) is 0 Å². The first kappa shape index (κ1) is 16.1. The number of hydrogen-bond donors (Lipinski definition) is 2. The molecule has 5 rings (SSSR count). The van der Waals surface area contributed by atoms with Crippen molar-refractivity contribution in [3.05, 3.63) is 28.8 Å². The zero-order valence-electron chi connectivity index (χ0n) is 14.7. The molecule has 3 aliphatic rings. The minimum absolute atomic E-state index is 0.00177. The normalized spacial score (nSPS) is 23.8. The van der Waals surface area contributed by atoms with Crippen molar-refractivity contribution >= 4 is 11.7 Å².